The zero-order valence-corrected chi connectivity index (χ0v) is 15.9. The monoisotopic (exact) mass is 366 g/mol. The standard InChI is InChI=1S/C20H26N6O/c1-13-8-14(2)12-26(11-13)6-7-27-16-5-3-4-15(9-16)18-17(10-21)19(22)25-20(23)24-18/h3-5,9,13-14H,6-8,11-12H2,1-2H3,(H4,22,23,24,25). The Hall–Kier alpha value is -2.85. The maximum Gasteiger partial charge on any atom is 0.222 e. The summed E-state index contributed by atoms with van der Waals surface area (Å²) in [4.78, 5) is 10.5. The van der Waals surface area contributed by atoms with Crippen LogP contribution in [0.3, 0.4) is 0 Å². The number of aromatic nitrogens is 2. The normalized spacial score (nSPS) is 20.2. The Morgan fingerprint density at radius 2 is 1.96 bits per heavy atom. The quantitative estimate of drug-likeness (QED) is 0.835. The van der Waals surface area contributed by atoms with E-state index in [-0.39, 0.29) is 17.3 Å². The lowest BCUT2D eigenvalue weighted by Crippen LogP contribution is -2.40. The largest absolute Gasteiger partial charge is 0.492 e. The molecule has 0 saturated carbocycles. The average Bonchev–Trinajstić information content (AvgIpc) is 2.60. The van der Waals surface area contributed by atoms with Crippen LogP contribution in [0, 0.1) is 23.2 Å². The lowest BCUT2D eigenvalue weighted by molar-refractivity contribution is 0.120. The van der Waals surface area contributed by atoms with Crippen molar-refractivity contribution in [2.75, 3.05) is 37.7 Å². The second kappa shape index (κ2) is 8.23. The van der Waals surface area contributed by atoms with E-state index in [1.165, 1.54) is 6.42 Å². The van der Waals surface area contributed by atoms with Gasteiger partial charge in [0.05, 0.1) is 5.69 Å². The summed E-state index contributed by atoms with van der Waals surface area (Å²) in [5, 5.41) is 9.36. The molecule has 2 atom stereocenters. The Morgan fingerprint density at radius 1 is 1.22 bits per heavy atom. The molecule has 1 aromatic heterocycles. The van der Waals surface area contributed by atoms with Crippen LogP contribution in [0.25, 0.3) is 11.3 Å². The minimum atomic E-state index is 0.0427. The molecular formula is C20H26N6O. The fourth-order valence-electron chi connectivity index (χ4n) is 3.82. The molecule has 3 rings (SSSR count). The third kappa shape index (κ3) is 4.66. The van der Waals surface area contributed by atoms with Crippen molar-refractivity contribution >= 4 is 11.8 Å². The molecule has 142 valence electrons. The molecular weight excluding hydrogens is 340 g/mol. The van der Waals surface area contributed by atoms with Crippen molar-refractivity contribution in [3.05, 3.63) is 29.8 Å². The summed E-state index contributed by atoms with van der Waals surface area (Å²) in [5.74, 6) is 2.32. The van der Waals surface area contributed by atoms with Gasteiger partial charge in [-0.05, 0) is 30.4 Å². The molecule has 1 aliphatic heterocycles. The van der Waals surface area contributed by atoms with Crippen LogP contribution in [-0.4, -0.2) is 41.1 Å². The summed E-state index contributed by atoms with van der Waals surface area (Å²) < 4.78 is 5.94. The zero-order valence-electron chi connectivity index (χ0n) is 15.9. The summed E-state index contributed by atoms with van der Waals surface area (Å²) in [6, 6.07) is 9.51. The van der Waals surface area contributed by atoms with E-state index in [2.05, 4.69) is 34.8 Å². The molecule has 2 aromatic rings. The zero-order chi connectivity index (χ0) is 19.4. The van der Waals surface area contributed by atoms with Crippen LogP contribution < -0.4 is 16.2 Å². The van der Waals surface area contributed by atoms with Crippen LogP contribution in [0.1, 0.15) is 25.8 Å². The minimum absolute atomic E-state index is 0.0427. The highest BCUT2D eigenvalue weighted by atomic mass is 16.5. The van der Waals surface area contributed by atoms with Gasteiger partial charge in [0.1, 0.15) is 29.8 Å². The summed E-state index contributed by atoms with van der Waals surface area (Å²) in [5.41, 5.74) is 12.9. The summed E-state index contributed by atoms with van der Waals surface area (Å²) in [6.45, 7) is 8.37. The maximum atomic E-state index is 9.36. The Labute approximate surface area is 160 Å². The topological polar surface area (TPSA) is 114 Å². The third-order valence-corrected chi connectivity index (χ3v) is 4.79. The van der Waals surface area contributed by atoms with E-state index in [1.807, 2.05) is 24.3 Å². The molecule has 7 nitrogen and oxygen atoms in total. The smallest absolute Gasteiger partial charge is 0.222 e. The van der Waals surface area contributed by atoms with Crippen molar-refractivity contribution in [1.29, 1.82) is 5.26 Å². The first kappa shape index (κ1) is 18.9. The van der Waals surface area contributed by atoms with Crippen molar-refractivity contribution in [1.82, 2.24) is 14.9 Å². The number of hydrogen-bond acceptors (Lipinski definition) is 7. The summed E-state index contributed by atoms with van der Waals surface area (Å²) >= 11 is 0. The molecule has 0 radical (unpaired) electrons. The maximum absolute atomic E-state index is 9.36. The molecule has 0 bridgehead atoms. The van der Waals surface area contributed by atoms with E-state index in [1.54, 1.807) is 0 Å². The van der Waals surface area contributed by atoms with Crippen molar-refractivity contribution in [2.45, 2.75) is 20.3 Å². The van der Waals surface area contributed by atoms with Gasteiger partial charge in [0.15, 0.2) is 0 Å². The molecule has 7 heteroatoms. The Kier molecular flexibility index (Phi) is 5.77. The highest BCUT2D eigenvalue weighted by molar-refractivity contribution is 5.73. The molecule has 2 heterocycles. The number of piperidine rings is 1. The average molecular weight is 366 g/mol. The molecule has 0 aliphatic carbocycles. The molecule has 0 spiro atoms. The predicted octanol–water partition coefficient (Wildman–Crippen LogP) is 2.54. The molecule has 1 aromatic carbocycles. The number of nitrogen functional groups attached to an aromatic ring is 2. The van der Waals surface area contributed by atoms with E-state index < -0.39 is 0 Å². The van der Waals surface area contributed by atoms with Gasteiger partial charge in [-0.3, -0.25) is 4.90 Å². The fraction of sp³-hybridized carbons (Fsp3) is 0.450. The number of ether oxygens (including phenoxy) is 1. The number of likely N-dealkylation sites (tertiary alicyclic amines) is 1. The van der Waals surface area contributed by atoms with E-state index in [4.69, 9.17) is 16.2 Å². The molecule has 1 fully saturated rings. The van der Waals surface area contributed by atoms with Crippen LogP contribution >= 0.6 is 0 Å². The van der Waals surface area contributed by atoms with Gasteiger partial charge in [0.2, 0.25) is 5.95 Å². The van der Waals surface area contributed by atoms with Gasteiger partial charge < -0.3 is 16.2 Å². The van der Waals surface area contributed by atoms with Crippen molar-refractivity contribution in [3.8, 4) is 23.1 Å². The third-order valence-electron chi connectivity index (χ3n) is 4.79. The van der Waals surface area contributed by atoms with E-state index in [9.17, 15) is 5.26 Å². The molecule has 1 aliphatic rings. The van der Waals surface area contributed by atoms with Crippen molar-refractivity contribution in [2.24, 2.45) is 11.8 Å². The fourth-order valence-corrected chi connectivity index (χ4v) is 3.82. The Balaban J connectivity index is 1.69. The Morgan fingerprint density at radius 3 is 2.67 bits per heavy atom. The lowest BCUT2D eigenvalue weighted by Gasteiger charge is -2.34. The van der Waals surface area contributed by atoms with Crippen LogP contribution in [0.5, 0.6) is 5.75 Å². The van der Waals surface area contributed by atoms with Gasteiger partial charge in [-0.1, -0.05) is 26.0 Å². The minimum Gasteiger partial charge on any atom is -0.492 e. The summed E-state index contributed by atoms with van der Waals surface area (Å²) in [7, 11) is 0. The SMILES string of the molecule is CC1CC(C)CN(CCOc2cccc(-c3nc(N)nc(N)c3C#N)c2)C1. The van der Waals surface area contributed by atoms with Crippen LogP contribution in [0.2, 0.25) is 0 Å². The van der Waals surface area contributed by atoms with Crippen LogP contribution in [-0.2, 0) is 0 Å². The Bertz CT molecular complexity index is 837. The number of nitriles is 1. The number of benzene rings is 1. The number of hydrogen-bond donors (Lipinski definition) is 2. The predicted molar refractivity (Wildman–Crippen MR) is 106 cm³/mol. The van der Waals surface area contributed by atoms with Gasteiger partial charge in [-0.25, -0.2) is 4.98 Å². The first-order valence-electron chi connectivity index (χ1n) is 9.25. The highest BCUT2D eigenvalue weighted by Gasteiger charge is 2.21. The molecule has 4 N–H and O–H groups in total. The highest BCUT2D eigenvalue weighted by Crippen LogP contribution is 2.28. The van der Waals surface area contributed by atoms with Crippen LogP contribution in [0.4, 0.5) is 11.8 Å². The molecule has 2 unspecified atom stereocenters. The number of anilines is 2. The van der Waals surface area contributed by atoms with Gasteiger partial charge in [-0.15, -0.1) is 0 Å². The number of rotatable bonds is 5. The molecule has 1 saturated heterocycles. The first-order chi connectivity index (χ1) is 13.0. The lowest BCUT2D eigenvalue weighted by atomic mass is 9.92. The van der Waals surface area contributed by atoms with Crippen LogP contribution in [0.15, 0.2) is 24.3 Å². The number of nitrogens with zero attached hydrogens (tertiary/aromatic N) is 4. The van der Waals surface area contributed by atoms with Gasteiger partial charge in [0.25, 0.3) is 0 Å². The van der Waals surface area contributed by atoms with E-state index >= 15 is 0 Å². The van der Waals surface area contributed by atoms with Gasteiger partial charge >= 0.3 is 0 Å². The van der Waals surface area contributed by atoms with E-state index in [0.717, 1.165) is 42.8 Å². The van der Waals surface area contributed by atoms with Gasteiger partial charge in [-0.2, -0.15) is 10.2 Å². The van der Waals surface area contributed by atoms with Crippen molar-refractivity contribution in [3.63, 3.8) is 0 Å². The number of nitrogens with two attached hydrogens (primary N) is 2. The first-order valence-corrected chi connectivity index (χ1v) is 9.25. The molecule has 0 amide bonds. The molecule has 27 heavy (non-hydrogen) atoms. The second-order valence-corrected chi connectivity index (χ2v) is 7.38. The van der Waals surface area contributed by atoms with Gasteiger partial charge in [0, 0.05) is 25.2 Å². The van der Waals surface area contributed by atoms with E-state index in [0.29, 0.717) is 12.3 Å². The second-order valence-electron chi connectivity index (χ2n) is 7.38. The van der Waals surface area contributed by atoms with Crippen molar-refractivity contribution < 1.29 is 4.74 Å². The summed E-state index contributed by atoms with van der Waals surface area (Å²) in [6.07, 6.45) is 1.30.